The average Bonchev–Trinajstić information content (AvgIpc) is 2.93. The van der Waals surface area contributed by atoms with Gasteiger partial charge in [-0.05, 0) is 61.6 Å². The molecule has 0 radical (unpaired) electrons. The van der Waals surface area contributed by atoms with Gasteiger partial charge in [0.1, 0.15) is 6.04 Å². The number of nitrogens with zero attached hydrogens (tertiary/aromatic N) is 1. The first-order valence-corrected chi connectivity index (χ1v) is 8.68. The van der Waals surface area contributed by atoms with Crippen LogP contribution < -0.4 is 10.2 Å². The Morgan fingerprint density at radius 1 is 1.08 bits per heavy atom. The third-order valence-corrected chi connectivity index (χ3v) is 4.96. The number of carbonyl (C=O) groups excluding carboxylic acids is 2. The van der Waals surface area contributed by atoms with Gasteiger partial charge in [0.2, 0.25) is 11.8 Å². The van der Waals surface area contributed by atoms with Crippen LogP contribution in [0.5, 0.6) is 0 Å². The Labute approximate surface area is 148 Å². The normalized spacial score (nSPS) is 17.0. The van der Waals surface area contributed by atoms with Crippen LogP contribution in [0, 0.1) is 20.8 Å². The minimum atomic E-state index is -0.432. The molecule has 0 aromatic heterocycles. The molecule has 2 aromatic carbocycles. The second-order valence-electron chi connectivity index (χ2n) is 6.77. The summed E-state index contributed by atoms with van der Waals surface area (Å²) >= 11 is 0. The Balaban J connectivity index is 1.65. The maximum Gasteiger partial charge on any atom is 0.249 e. The van der Waals surface area contributed by atoms with Crippen LogP contribution in [-0.2, 0) is 16.0 Å². The van der Waals surface area contributed by atoms with Crippen LogP contribution in [0.2, 0.25) is 0 Å². The third kappa shape index (κ3) is 3.73. The van der Waals surface area contributed by atoms with Crippen LogP contribution in [0.3, 0.4) is 0 Å². The number of nitrogens with one attached hydrogen (secondary N) is 1. The lowest BCUT2D eigenvalue weighted by Crippen LogP contribution is -2.42. The van der Waals surface area contributed by atoms with Gasteiger partial charge < -0.3 is 10.2 Å². The van der Waals surface area contributed by atoms with Crippen molar-refractivity contribution in [3.05, 3.63) is 64.7 Å². The van der Waals surface area contributed by atoms with E-state index in [1.165, 1.54) is 5.56 Å². The molecule has 1 fully saturated rings. The molecule has 4 nitrogen and oxygen atoms in total. The van der Waals surface area contributed by atoms with E-state index in [0.29, 0.717) is 19.4 Å². The van der Waals surface area contributed by atoms with Gasteiger partial charge in [0, 0.05) is 12.2 Å². The minimum absolute atomic E-state index is 0.0265. The van der Waals surface area contributed by atoms with Crippen molar-refractivity contribution in [2.75, 3.05) is 11.4 Å². The number of aryl methyl sites for hydroxylation is 3. The second-order valence-corrected chi connectivity index (χ2v) is 6.77. The van der Waals surface area contributed by atoms with Gasteiger partial charge in [-0.3, -0.25) is 9.59 Å². The fourth-order valence-electron chi connectivity index (χ4n) is 3.19. The Morgan fingerprint density at radius 3 is 2.56 bits per heavy atom. The average molecular weight is 336 g/mol. The molecule has 2 amide bonds. The van der Waals surface area contributed by atoms with Crippen molar-refractivity contribution in [3.8, 4) is 0 Å². The first-order valence-electron chi connectivity index (χ1n) is 8.68. The molecule has 1 saturated heterocycles. The lowest BCUT2D eigenvalue weighted by molar-refractivity contribution is -0.126. The SMILES string of the molecule is Cc1ccc(N2CC[C@@H](NC(=O)Cc3ccccc3C)C2=O)cc1C. The van der Waals surface area contributed by atoms with E-state index < -0.39 is 6.04 Å². The van der Waals surface area contributed by atoms with E-state index in [9.17, 15) is 9.59 Å². The van der Waals surface area contributed by atoms with E-state index in [0.717, 1.165) is 22.4 Å². The van der Waals surface area contributed by atoms with E-state index in [4.69, 9.17) is 0 Å². The predicted octanol–water partition coefficient (Wildman–Crippen LogP) is 3.08. The molecule has 0 aliphatic carbocycles. The van der Waals surface area contributed by atoms with Crippen LogP contribution in [0.15, 0.2) is 42.5 Å². The lowest BCUT2D eigenvalue weighted by atomic mass is 10.1. The van der Waals surface area contributed by atoms with Crippen LogP contribution in [0.1, 0.15) is 28.7 Å². The predicted molar refractivity (Wildman–Crippen MR) is 99.7 cm³/mol. The molecule has 1 N–H and O–H groups in total. The molecule has 0 bridgehead atoms. The summed E-state index contributed by atoms with van der Waals surface area (Å²) in [5.41, 5.74) is 5.36. The number of benzene rings is 2. The zero-order valence-electron chi connectivity index (χ0n) is 15.0. The zero-order valence-corrected chi connectivity index (χ0v) is 15.0. The minimum Gasteiger partial charge on any atom is -0.344 e. The first-order chi connectivity index (χ1) is 12.0. The topological polar surface area (TPSA) is 49.4 Å². The summed E-state index contributed by atoms with van der Waals surface area (Å²) in [5.74, 6) is -0.129. The maximum atomic E-state index is 12.7. The van der Waals surface area contributed by atoms with Gasteiger partial charge in [0.15, 0.2) is 0 Å². The van der Waals surface area contributed by atoms with Crippen molar-refractivity contribution in [2.24, 2.45) is 0 Å². The molecule has 2 aromatic rings. The summed E-state index contributed by atoms with van der Waals surface area (Å²) in [4.78, 5) is 26.8. The molecule has 0 spiro atoms. The van der Waals surface area contributed by atoms with E-state index in [1.807, 2.05) is 56.3 Å². The van der Waals surface area contributed by atoms with Crippen molar-refractivity contribution < 1.29 is 9.59 Å². The number of hydrogen-bond donors (Lipinski definition) is 1. The van der Waals surface area contributed by atoms with Crippen LogP contribution in [0.4, 0.5) is 5.69 Å². The molecular weight excluding hydrogens is 312 g/mol. The molecule has 130 valence electrons. The number of rotatable bonds is 4. The molecule has 25 heavy (non-hydrogen) atoms. The maximum absolute atomic E-state index is 12.7. The molecule has 0 saturated carbocycles. The van der Waals surface area contributed by atoms with Crippen molar-refractivity contribution in [3.63, 3.8) is 0 Å². The van der Waals surface area contributed by atoms with E-state index in [1.54, 1.807) is 4.90 Å². The Hall–Kier alpha value is -2.62. The largest absolute Gasteiger partial charge is 0.344 e. The van der Waals surface area contributed by atoms with E-state index in [-0.39, 0.29) is 11.8 Å². The fourth-order valence-corrected chi connectivity index (χ4v) is 3.19. The van der Waals surface area contributed by atoms with Crippen molar-refractivity contribution in [1.29, 1.82) is 0 Å². The highest BCUT2D eigenvalue weighted by Crippen LogP contribution is 2.24. The molecule has 0 unspecified atom stereocenters. The fraction of sp³-hybridized carbons (Fsp3) is 0.333. The summed E-state index contributed by atoms with van der Waals surface area (Å²) in [5, 5.41) is 2.90. The van der Waals surface area contributed by atoms with Gasteiger partial charge in [-0.25, -0.2) is 0 Å². The van der Waals surface area contributed by atoms with Gasteiger partial charge in [0.25, 0.3) is 0 Å². The number of carbonyl (C=O) groups is 2. The molecular formula is C21H24N2O2. The van der Waals surface area contributed by atoms with Gasteiger partial charge in [-0.2, -0.15) is 0 Å². The van der Waals surface area contributed by atoms with Crippen LogP contribution >= 0.6 is 0 Å². The van der Waals surface area contributed by atoms with Crippen molar-refractivity contribution in [1.82, 2.24) is 5.32 Å². The van der Waals surface area contributed by atoms with Gasteiger partial charge >= 0.3 is 0 Å². The Bertz CT molecular complexity index is 813. The standard InChI is InChI=1S/C21H24N2O2/c1-14-8-9-18(12-16(14)3)23-11-10-19(21(23)25)22-20(24)13-17-7-5-4-6-15(17)2/h4-9,12,19H,10-11,13H2,1-3H3,(H,22,24)/t19-/m1/s1. The Kier molecular flexibility index (Phi) is 4.88. The summed E-state index contributed by atoms with van der Waals surface area (Å²) in [7, 11) is 0. The molecule has 3 rings (SSSR count). The van der Waals surface area contributed by atoms with Crippen molar-refractivity contribution >= 4 is 17.5 Å². The second kappa shape index (κ2) is 7.09. The summed E-state index contributed by atoms with van der Waals surface area (Å²) in [6.45, 7) is 6.72. The van der Waals surface area contributed by atoms with Gasteiger partial charge in [-0.1, -0.05) is 30.3 Å². The summed E-state index contributed by atoms with van der Waals surface area (Å²) < 4.78 is 0. The summed E-state index contributed by atoms with van der Waals surface area (Å²) in [6.07, 6.45) is 0.950. The molecule has 4 heteroatoms. The number of anilines is 1. The highest BCUT2D eigenvalue weighted by atomic mass is 16.2. The lowest BCUT2D eigenvalue weighted by Gasteiger charge is -2.18. The van der Waals surface area contributed by atoms with Gasteiger partial charge in [0.05, 0.1) is 6.42 Å². The Morgan fingerprint density at radius 2 is 1.84 bits per heavy atom. The molecule has 1 aliphatic heterocycles. The highest BCUT2D eigenvalue weighted by molar-refractivity contribution is 6.01. The molecule has 1 aliphatic rings. The number of amides is 2. The molecule has 1 atom stereocenters. The summed E-state index contributed by atoms with van der Waals surface area (Å²) in [6, 6.07) is 13.4. The van der Waals surface area contributed by atoms with Crippen LogP contribution in [-0.4, -0.2) is 24.4 Å². The van der Waals surface area contributed by atoms with E-state index >= 15 is 0 Å². The zero-order chi connectivity index (χ0) is 18.0. The monoisotopic (exact) mass is 336 g/mol. The smallest absolute Gasteiger partial charge is 0.249 e. The van der Waals surface area contributed by atoms with Gasteiger partial charge in [-0.15, -0.1) is 0 Å². The molecule has 1 heterocycles. The van der Waals surface area contributed by atoms with E-state index in [2.05, 4.69) is 12.2 Å². The third-order valence-electron chi connectivity index (χ3n) is 4.96. The van der Waals surface area contributed by atoms with Crippen LogP contribution in [0.25, 0.3) is 0 Å². The number of hydrogen-bond acceptors (Lipinski definition) is 2. The van der Waals surface area contributed by atoms with Crippen molar-refractivity contribution in [2.45, 2.75) is 39.7 Å². The highest BCUT2D eigenvalue weighted by Gasteiger charge is 2.33. The first kappa shape index (κ1) is 17.2. The quantitative estimate of drug-likeness (QED) is 0.933.